The zero-order chi connectivity index (χ0) is 13.8. The van der Waals surface area contributed by atoms with Crippen molar-refractivity contribution < 1.29 is 9.43 Å². The van der Waals surface area contributed by atoms with E-state index in [2.05, 4.69) is 49.4 Å². The van der Waals surface area contributed by atoms with Crippen LogP contribution in [-0.2, 0) is 11.3 Å². The second-order valence-corrected chi connectivity index (χ2v) is 4.94. The lowest BCUT2D eigenvalue weighted by atomic mass is 10.1. The molecule has 0 bridgehead atoms. The summed E-state index contributed by atoms with van der Waals surface area (Å²) in [5.74, 6) is 0. The first kappa shape index (κ1) is 13.0. The van der Waals surface area contributed by atoms with Gasteiger partial charge in [0.15, 0.2) is 6.54 Å². The van der Waals surface area contributed by atoms with Crippen LogP contribution in [0.2, 0.25) is 0 Å². The molecule has 0 aromatic heterocycles. The van der Waals surface area contributed by atoms with Crippen molar-refractivity contribution in [3.8, 4) is 0 Å². The summed E-state index contributed by atoms with van der Waals surface area (Å²) < 4.78 is 7.88. The predicted octanol–water partition coefficient (Wildman–Crippen LogP) is 4.42. The normalized spacial score (nSPS) is 16.9. The SMILES string of the molecule is CCCOC1N=[N+](Cc2ccccc2)c2ccccc21. The Balaban J connectivity index is 1.86. The molecule has 102 valence electrons. The number of benzene rings is 2. The number of ether oxygens (including phenoxy) is 1. The molecule has 0 aliphatic carbocycles. The van der Waals surface area contributed by atoms with Crippen molar-refractivity contribution in [2.45, 2.75) is 26.1 Å². The molecule has 0 saturated carbocycles. The standard InChI is InChI=1S/C17H19N2O/c1-2-12-20-17-15-10-6-7-11-16(15)19(18-17)13-14-8-4-3-5-9-14/h3-11,17H,2,12-13H2,1H3/q+1. The number of fused-ring (bicyclic) bond motifs is 1. The Morgan fingerprint density at radius 2 is 1.80 bits per heavy atom. The maximum absolute atomic E-state index is 5.84. The fourth-order valence-corrected chi connectivity index (χ4v) is 2.42. The molecule has 0 radical (unpaired) electrons. The van der Waals surface area contributed by atoms with E-state index in [1.165, 1.54) is 5.56 Å². The molecule has 3 heteroatoms. The van der Waals surface area contributed by atoms with Gasteiger partial charge in [0.25, 0.3) is 0 Å². The highest BCUT2D eigenvalue weighted by molar-refractivity contribution is 5.42. The van der Waals surface area contributed by atoms with Gasteiger partial charge in [-0.3, -0.25) is 0 Å². The van der Waals surface area contributed by atoms with Gasteiger partial charge in [-0.1, -0.05) is 54.1 Å². The minimum Gasteiger partial charge on any atom is -0.347 e. The third-order valence-corrected chi connectivity index (χ3v) is 3.38. The molecule has 3 nitrogen and oxygen atoms in total. The summed E-state index contributed by atoms with van der Waals surface area (Å²) in [6.45, 7) is 3.63. The summed E-state index contributed by atoms with van der Waals surface area (Å²) >= 11 is 0. The molecule has 0 saturated heterocycles. The van der Waals surface area contributed by atoms with Crippen LogP contribution in [0.5, 0.6) is 0 Å². The Morgan fingerprint density at radius 1 is 1.05 bits per heavy atom. The van der Waals surface area contributed by atoms with Gasteiger partial charge in [-0.25, -0.2) is 0 Å². The Labute approximate surface area is 119 Å². The summed E-state index contributed by atoms with van der Waals surface area (Å²) in [5, 5.41) is 4.70. The molecule has 0 spiro atoms. The second-order valence-electron chi connectivity index (χ2n) is 4.94. The summed E-state index contributed by atoms with van der Waals surface area (Å²) in [4.78, 5) is 0. The van der Waals surface area contributed by atoms with Crippen LogP contribution in [0.15, 0.2) is 59.7 Å². The summed E-state index contributed by atoms with van der Waals surface area (Å²) in [6.07, 6.45) is 0.849. The van der Waals surface area contributed by atoms with Gasteiger partial charge < -0.3 is 4.74 Å². The molecule has 20 heavy (non-hydrogen) atoms. The lowest BCUT2D eigenvalue weighted by Crippen LogP contribution is -2.00. The smallest absolute Gasteiger partial charge is 0.243 e. The molecule has 1 aliphatic heterocycles. The average molecular weight is 267 g/mol. The van der Waals surface area contributed by atoms with Crippen molar-refractivity contribution >= 4 is 5.69 Å². The third-order valence-electron chi connectivity index (χ3n) is 3.38. The van der Waals surface area contributed by atoms with Crippen LogP contribution in [-0.4, -0.2) is 11.3 Å². The van der Waals surface area contributed by atoms with E-state index in [0.29, 0.717) is 0 Å². The molecular formula is C17H19N2O+. The van der Waals surface area contributed by atoms with Crippen molar-refractivity contribution in [1.82, 2.24) is 0 Å². The average Bonchev–Trinajstić information content (AvgIpc) is 2.85. The van der Waals surface area contributed by atoms with Gasteiger partial charge >= 0.3 is 0 Å². The molecule has 1 heterocycles. The number of hydrogen-bond acceptors (Lipinski definition) is 2. The summed E-state index contributed by atoms with van der Waals surface area (Å²) in [7, 11) is 0. The lowest BCUT2D eigenvalue weighted by Gasteiger charge is -2.04. The maximum Gasteiger partial charge on any atom is 0.243 e. The monoisotopic (exact) mass is 267 g/mol. The van der Waals surface area contributed by atoms with Crippen LogP contribution in [0.4, 0.5) is 5.69 Å². The highest BCUT2D eigenvalue weighted by Crippen LogP contribution is 2.36. The van der Waals surface area contributed by atoms with Crippen molar-refractivity contribution in [2.24, 2.45) is 5.11 Å². The number of para-hydroxylation sites is 1. The van der Waals surface area contributed by atoms with Crippen LogP contribution < -0.4 is 0 Å². The van der Waals surface area contributed by atoms with Crippen LogP contribution in [0, 0.1) is 0 Å². The second kappa shape index (κ2) is 5.97. The Kier molecular flexibility index (Phi) is 3.88. The highest BCUT2D eigenvalue weighted by Gasteiger charge is 2.32. The Hall–Kier alpha value is -2.00. The van der Waals surface area contributed by atoms with Gasteiger partial charge in [0, 0.05) is 18.2 Å². The molecule has 2 aromatic carbocycles. The van der Waals surface area contributed by atoms with Crippen LogP contribution in [0.3, 0.4) is 0 Å². The van der Waals surface area contributed by atoms with Crippen molar-refractivity contribution in [2.75, 3.05) is 6.61 Å². The fraction of sp³-hybridized carbons (Fsp3) is 0.294. The fourth-order valence-electron chi connectivity index (χ4n) is 2.42. The maximum atomic E-state index is 5.84. The van der Waals surface area contributed by atoms with Gasteiger partial charge in [-0.15, -0.1) is 0 Å². The van der Waals surface area contributed by atoms with Crippen LogP contribution in [0.25, 0.3) is 0 Å². The Morgan fingerprint density at radius 3 is 2.60 bits per heavy atom. The first-order chi connectivity index (χ1) is 9.88. The van der Waals surface area contributed by atoms with Gasteiger partial charge in [0.05, 0.1) is 5.56 Å². The van der Waals surface area contributed by atoms with E-state index in [-0.39, 0.29) is 6.23 Å². The predicted molar refractivity (Wildman–Crippen MR) is 77.9 cm³/mol. The zero-order valence-electron chi connectivity index (χ0n) is 11.7. The minimum absolute atomic E-state index is 0.158. The van der Waals surface area contributed by atoms with E-state index >= 15 is 0 Å². The molecule has 1 unspecified atom stereocenters. The molecule has 0 fully saturated rings. The van der Waals surface area contributed by atoms with Gasteiger partial charge in [0.2, 0.25) is 11.9 Å². The first-order valence-corrected chi connectivity index (χ1v) is 7.11. The lowest BCUT2D eigenvalue weighted by molar-refractivity contribution is -0.529. The largest absolute Gasteiger partial charge is 0.347 e. The summed E-state index contributed by atoms with van der Waals surface area (Å²) in [6, 6.07) is 18.7. The number of azo groups is 2. The molecule has 0 N–H and O–H groups in total. The van der Waals surface area contributed by atoms with Gasteiger partial charge in [-0.05, 0) is 17.6 Å². The van der Waals surface area contributed by atoms with Crippen LogP contribution in [0.1, 0.15) is 30.7 Å². The molecule has 0 amide bonds. The molecule has 3 rings (SSSR count). The van der Waals surface area contributed by atoms with Crippen molar-refractivity contribution in [1.29, 1.82) is 0 Å². The molecule has 2 aromatic rings. The van der Waals surface area contributed by atoms with Gasteiger partial charge in [0.1, 0.15) is 0 Å². The highest BCUT2D eigenvalue weighted by atomic mass is 16.5. The van der Waals surface area contributed by atoms with E-state index in [1.54, 1.807) is 0 Å². The van der Waals surface area contributed by atoms with Crippen molar-refractivity contribution in [3.05, 3.63) is 65.7 Å². The van der Waals surface area contributed by atoms with E-state index in [4.69, 9.17) is 9.85 Å². The zero-order valence-corrected chi connectivity index (χ0v) is 11.7. The number of nitrogens with zero attached hydrogens (tertiary/aromatic N) is 2. The quantitative estimate of drug-likeness (QED) is 0.736. The molecular weight excluding hydrogens is 248 g/mol. The third kappa shape index (κ3) is 2.63. The van der Waals surface area contributed by atoms with Crippen LogP contribution >= 0.6 is 0 Å². The topological polar surface area (TPSA) is 24.6 Å². The first-order valence-electron chi connectivity index (χ1n) is 7.11. The summed E-state index contributed by atoms with van der Waals surface area (Å²) in [5.41, 5.74) is 3.57. The Bertz CT molecular complexity index is 607. The van der Waals surface area contributed by atoms with E-state index in [1.807, 2.05) is 16.8 Å². The van der Waals surface area contributed by atoms with E-state index in [9.17, 15) is 0 Å². The molecule has 1 aliphatic rings. The number of hydrogen-bond donors (Lipinski definition) is 0. The van der Waals surface area contributed by atoms with E-state index < -0.39 is 0 Å². The molecule has 1 atom stereocenters. The van der Waals surface area contributed by atoms with E-state index in [0.717, 1.165) is 30.8 Å². The number of rotatable bonds is 5. The van der Waals surface area contributed by atoms with Crippen molar-refractivity contribution in [3.63, 3.8) is 0 Å². The van der Waals surface area contributed by atoms with Gasteiger partial charge in [-0.2, -0.15) is 0 Å². The minimum atomic E-state index is -0.158.